The molecular formula is C20H34N6O2S. The molecule has 29 heavy (non-hydrogen) atoms. The van der Waals surface area contributed by atoms with Gasteiger partial charge in [0.15, 0.2) is 5.96 Å². The smallest absolute Gasteiger partial charge is 0.409 e. The molecule has 1 aromatic rings. The molecule has 0 saturated carbocycles. The van der Waals surface area contributed by atoms with Crippen LogP contribution in [-0.2, 0) is 11.3 Å². The number of hydrogen-bond donors (Lipinski definition) is 1. The maximum absolute atomic E-state index is 11.9. The summed E-state index contributed by atoms with van der Waals surface area (Å²) in [5.41, 5.74) is 1.20. The Morgan fingerprint density at radius 2 is 1.93 bits per heavy atom. The number of aromatic nitrogens is 1. The van der Waals surface area contributed by atoms with Gasteiger partial charge in [0.25, 0.3) is 0 Å². The van der Waals surface area contributed by atoms with Crippen molar-refractivity contribution >= 4 is 23.4 Å². The number of guanidine groups is 1. The van der Waals surface area contributed by atoms with Crippen molar-refractivity contribution in [2.45, 2.75) is 33.2 Å². The van der Waals surface area contributed by atoms with Crippen molar-refractivity contribution in [3.63, 3.8) is 0 Å². The van der Waals surface area contributed by atoms with E-state index in [0.717, 1.165) is 50.2 Å². The number of ether oxygens (including phenoxy) is 1. The molecule has 1 aromatic heterocycles. The molecule has 1 amide bonds. The third-order valence-corrected chi connectivity index (χ3v) is 6.45. The number of carbonyl (C=O) groups is 1. The zero-order valence-electron chi connectivity index (χ0n) is 17.9. The Hall–Kier alpha value is -1.87. The van der Waals surface area contributed by atoms with Crippen molar-refractivity contribution in [2.75, 3.05) is 59.5 Å². The van der Waals surface area contributed by atoms with Gasteiger partial charge >= 0.3 is 6.09 Å². The molecule has 2 fully saturated rings. The van der Waals surface area contributed by atoms with Gasteiger partial charge in [-0.3, -0.25) is 9.89 Å². The predicted molar refractivity (Wildman–Crippen MR) is 116 cm³/mol. The number of piperidine rings is 1. The molecule has 2 aliphatic heterocycles. The highest BCUT2D eigenvalue weighted by molar-refractivity contribution is 7.09. The number of likely N-dealkylation sites (tertiary alicyclic amines) is 1. The first kappa shape index (κ1) is 21.8. The average Bonchev–Trinajstić information content (AvgIpc) is 3.15. The summed E-state index contributed by atoms with van der Waals surface area (Å²) in [7, 11) is 1.83. The number of thiazole rings is 1. The first-order valence-electron chi connectivity index (χ1n) is 10.6. The molecule has 0 aliphatic carbocycles. The molecule has 0 bridgehead atoms. The van der Waals surface area contributed by atoms with E-state index in [4.69, 9.17) is 4.74 Å². The minimum Gasteiger partial charge on any atom is -0.450 e. The lowest BCUT2D eigenvalue weighted by atomic mass is 9.97. The summed E-state index contributed by atoms with van der Waals surface area (Å²) >= 11 is 1.73. The Labute approximate surface area is 177 Å². The van der Waals surface area contributed by atoms with Gasteiger partial charge in [0, 0.05) is 51.7 Å². The number of carbonyl (C=O) groups excluding carboxylic acids is 1. The zero-order valence-corrected chi connectivity index (χ0v) is 18.7. The fourth-order valence-corrected chi connectivity index (χ4v) is 4.55. The highest BCUT2D eigenvalue weighted by Crippen LogP contribution is 2.19. The Morgan fingerprint density at radius 3 is 2.52 bits per heavy atom. The lowest BCUT2D eigenvalue weighted by Gasteiger charge is -2.37. The highest BCUT2D eigenvalue weighted by atomic mass is 32.1. The van der Waals surface area contributed by atoms with E-state index in [2.05, 4.69) is 37.4 Å². The van der Waals surface area contributed by atoms with Gasteiger partial charge in [0.05, 0.1) is 17.3 Å². The molecule has 9 heteroatoms. The van der Waals surface area contributed by atoms with Gasteiger partial charge in [-0.2, -0.15) is 0 Å². The van der Waals surface area contributed by atoms with Gasteiger partial charge in [-0.15, -0.1) is 11.3 Å². The summed E-state index contributed by atoms with van der Waals surface area (Å²) in [6.07, 6.45) is 2.18. The number of hydrogen-bond acceptors (Lipinski definition) is 6. The van der Waals surface area contributed by atoms with E-state index in [0.29, 0.717) is 25.6 Å². The Morgan fingerprint density at radius 1 is 1.24 bits per heavy atom. The predicted octanol–water partition coefficient (Wildman–Crippen LogP) is 2.01. The highest BCUT2D eigenvalue weighted by Gasteiger charge is 2.25. The number of aryl methyl sites for hydroxylation is 1. The first-order valence-corrected chi connectivity index (χ1v) is 11.5. The van der Waals surface area contributed by atoms with E-state index in [1.807, 2.05) is 14.0 Å². The lowest BCUT2D eigenvalue weighted by Crippen LogP contribution is -2.54. The van der Waals surface area contributed by atoms with Crippen LogP contribution in [-0.4, -0.2) is 91.2 Å². The second-order valence-corrected chi connectivity index (χ2v) is 8.74. The van der Waals surface area contributed by atoms with Crippen molar-refractivity contribution in [3.8, 4) is 0 Å². The van der Waals surface area contributed by atoms with Crippen molar-refractivity contribution in [1.82, 2.24) is 25.0 Å². The van der Waals surface area contributed by atoms with E-state index in [-0.39, 0.29) is 6.09 Å². The van der Waals surface area contributed by atoms with Crippen LogP contribution < -0.4 is 5.32 Å². The normalized spacial score (nSPS) is 19.5. The van der Waals surface area contributed by atoms with Crippen LogP contribution in [0, 0.1) is 12.8 Å². The number of nitrogens with one attached hydrogen (secondary N) is 1. The van der Waals surface area contributed by atoms with Crippen LogP contribution in [0.2, 0.25) is 0 Å². The maximum atomic E-state index is 11.9. The summed E-state index contributed by atoms with van der Waals surface area (Å²) < 4.78 is 5.09. The summed E-state index contributed by atoms with van der Waals surface area (Å²) in [5, 5.41) is 6.88. The van der Waals surface area contributed by atoms with E-state index in [1.165, 1.54) is 18.5 Å². The molecule has 0 atom stereocenters. The van der Waals surface area contributed by atoms with Gasteiger partial charge in [-0.1, -0.05) is 0 Å². The van der Waals surface area contributed by atoms with E-state index in [9.17, 15) is 4.79 Å². The van der Waals surface area contributed by atoms with Gasteiger partial charge in [-0.25, -0.2) is 9.78 Å². The molecule has 0 unspecified atom stereocenters. The SMILES string of the molecule is CCOC(=O)N1CCN(C(=NC)NCC2CCN(Cc3csc(C)n3)CC2)CC1. The van der Waals surface area contributed by atoms with E-state index >= 15 is 0 Å². The third-order valence-electron chi connectivity index (χ3n) is 5.63. The molecule has 2 aliphatic rings. The van der Waals surface area contributed by atoms with E-state index in [1.54, 1.807) is 16.2 Å². The first-order chi connectivity index (χ1) is 14.1. The number of piperazine rings is 1. The largest absolute Gasteiger partial charge is 0.450 e. The minimum absolute atomic E-state index is 0.213. The van der Waals surface area contributed by atoms with E-state index < -0.39 is 0 Å². The Balaban J connectivity index is 1.37. The van der Waals surface area contributed by atoms with Gasteiger partial charge in [0.2, 0.25) is 0 Å². The molecule has 0 radical (unpaired) electrons. The fraction of sp³-hybridized carbons (Fsp3) is 0.750. The number of nitrogens with zero attached hydrogens (tertiary/aromatic N) is 5. The Kier molecular flexibility index (Phi) is 8.11. The van der Waals surface area contributed by atoms with Gasteiger partial charge in [-0.05, 0) is 45.7 Å². The van der Waals surface area contributed by atoms with Crippen molar-refractivity contribution < 1.29 is 9.53 Å². The quantitative estimate of drug-likeness (QED) is 0.578. The maximum Gasteiger partial charge on any atom is 0.409 e. The molecular weight excluding hydrogens is 388 g/mol. The molecule has 2 saturated heterocycles. The Bertz CT molecular complexity index is 678. The topological polar surface area (TPSA) is 73.3 Å². The minimum atomic E-state index is -0.213. The lowest BCUT2D eigenvalue weighted by molar-refractivity contribution is 0.0913. The molecule has 162 valence electrons. The molecule has 1 N–H and O–H groups in total. The van der Waals surface area contributed by atoms with Crippen LogP contribution in [0.15, 0.2) is 10.4 Å². The second kappa shape index (κ2) is 10.8. The zero-order chi connectivity index (χ0) is 20.6. The molecule has 8 nitrogen and oxygen atoms in total. The van der Waals surface area contributed by atoms with Crippen molar-refractivity contribution in [3.05, 3.63) is 16.1 Å². The second-order valence-electron chi connectivity index (χ2n) is 7.68. The summed E-state index contributed by atoms with van der Waals surface area (Å²) in [5.74, 6) is 1.61. The third kappa shape index (κ3) is 6.30. The van der Waals surface area contributed by atoms with Crippen molar-refractivity contribution in [2.24, 2.45) is 10.9 Å². The van der Waals surface area contributed by atoms with Gasteiger partial charge in [0.1, 0.15) is 0 Å². The van der Waals surface area contributed by atoms with Crippen LogP contribution in [0.4, 0.5) is 4.79 Å². The number of amides is 1. The molecule has 0 spiro atoms. The summed E-state index contributed by atoms with van der Waals surface area (Å²) in [6, 6.07) is 0. The van der Waals surface area contributed by atoms with Crippen LogP contribution in [0.5, 0.6) is 0 Å². The van der Waals surface area contributed by atoms with Crippen LogP contribution in [0.1, 0.15) is 30.5 Å². The van der Waals surface area contributed by atoms with Crippen LogP contribution in [0.3, 0.4) is 0 Å². The number of aliphatic imine (C=N–C) groups is 1. The van der Waals surface area contributed by atoms with Crippen molar-refractivity contribution in [1.29, 1.82) is 0 Å². The van der Waals surface area contributed by atoms with Gasteiger partial charge < -0.3 is 19.9 Å². The van der Waals surface area contributed by atoms with Crippen LogP contribution in [0.25, 0.3) is 0 Å². The van der Waals surface area contributed by atoms with Crippen LogP contribution >= 0.6 is 11.3 Å². The monoisotopic (exact) mass is 422 g/mol. The molecule has 3 rings (SSSR count). The average molecular weight is 423 g/mol. The number of rotatable bonds is 5. The summed E-state index contributed by atoms with van der Waals surface area (Å²) in [4.78, 5) is 27.4. The fourth-order valence-electron chi connectivity index (χ4n) is 3.94. The molecule has 0 aromatic carbocycles. The summed E-state index contributed by atoms with van der Waals surface area (Å²) in [6.45, 7) is 11.4. The standard InChI is InChI=1S/C20H34N6O2S/c1-4-28-20(27)26-11-9-25(10-12-26)19(21-3)22-13-17-5-7-24(8-6-17)14-18-15-29-16(2)23-18/h15,17H,4-14H2,1-3H3,(H,21,22). The molecule has 3 heterocycles.